The average Bonchev–Trinajstić information content (AvgIpc) is 2.21. The molecule has 0 fully saturated rings. The SMILES string of the molecule is CCOC(=O)c1cc(N)cc(Br)c1OC(F)F. The van der Waals surface area contributed by atoms with Gasteiger partial charge in [0.05, 0.1) is 11.1 Å². The Labute approximate surface area is 105 Å². The summed E-state index contributed by atoms with van der Waals surface area (Å²) in [7, 11) is 0. The van der Waals surface area contributed by atoms with Crippen molar-refractivity contribution < 1.29 is 23.0 Å². The lowest BCUT2D eigenvalue weighted by Crippen LogP contribution is -2.11. The molecule has 7 heteroatoms. The van der Waals surface area contributed by atoms with Gasteiger partial charge in [-0.15, -0.1) is 0 Å². The minimum Gasteiger partial charge on any atom is -0.462 e. The lowest BCUT2D eigenvalue weighted by molar-refractivity contribution is -0.0509. The fraction of sp³-hybridized carbons (Fsp3) is 0.300. The number of anilines is 1. The number of ether oxygens (including phenoxy) is 2. The summed E-state index contributed by atoms with van der Waals surface area (Å²) in [5.41, 5.74) is 5.61. The van der Waals surface area contributed by atoms with Gasteiger partial charge in [-0.25, -0.2) is 4.79 Å². The lowest BCUT2D eigenvalue weighted by Gasteiger charge is -2.12. The Morgan fingerprint density at radius 2 is 2.18 bits per heavy atom. The van der Waals surface area contributed by atoms with E-state index in [1.54, 1.807) is 6.92 Å². The zero-order valence-electron chi connectivity index (χ0n) is 8.88. The highest BCUT2D eigenvalue weighted by Gasteiger charge is 2.20. The summed E-state index contributed by atoms with van der Waals surface area (Å²) in [5, 5.41) is 0. The van der Waals surface area contributed by atoms with Crippen LogP contribution in [0.1, 0.15) is 17.3 Å². The smallest absolute Gasteiger partial charge is 0.387 e. The quantitative estimate of drug-likeness (QED) is 0.686. The molecule has 0 aliphatic rings. The number of nitrogen functional groups attached to an aromatic ring is 1. The van der Waals surface area contributed by atoms with Crippen molar-refractivity contribution in [2.45, 2.75) is 13.5 Å². The molecule has 0 amide bonds. The molecule has 2 N–H and O–H groups in total. The maximum atomic E-state index is 12.2. The van der Waals surface area contributed by atoms with Crippen LogP contribution in [-0.2, 0) is 4.74 Å². The minimum absolute atomic E-state index is 0.124. The van der Waals surface area contributed by atoms with E-state index in [-0.39, 0.29) is 28.1 Å². The molecule has 0 bridgehead atoms. The Morgan fingerprint density at radius 3 is 2.71 bits per heavy atom. The molecule has 0 aliphatic carbocycles. The highest BCUT2D eigenvalue weighted by Crippen LogP contribution is 2.33. The van der Waals surface area contributed by atoms with Gasteiger partial charge >= 0.3 is 12.6 Å². The number of hydrogen-bond donors (Lipinski definition) is 1. The molecule has 0 saturated carbocycles. The molecule has 94 valence electrons. The fourth-order valence-electron chi connectivity index (χ4n) is 1.18. The van der Waals surface area contributed by atoms with E-state index in [9.17, 15) is 13.6 Å². The molecule has 0 heterocycles. The van der Waals surface area contributed by atoms with E-state index in [1.807, 2.05) is 0 Å². The predicted molar refractivity (Wildman–Crippen MR) is 61.1 cm³/mol. The van der Waals surface area contributed by atoms with E-state index in [1.165, 1.54) is 12.1 Å². The number of benzene rings is 1. The molecular weight excluding hydrogens is 300 g/mol. The van der Waals surface area contributed by atoms with E-state index in [0.29, 0.717) is 0 Å². The van der Waals surface area contributed by atoms with E-state index < -0.39 is 12.6 Å². The predicted octanol–water partition coefficient (Wildman–Crippen LogP) is 2.81. The second-order valence-electron chi connectivity index (χ2n) is 2.98. The number of carbonyl (C=O) groups is 1. The van der Waals surface area contributed by atoms with Crippen LogP contribution in [0.4, 0.5) is 14.5 Å². The third-order valence-corrected chi connectivity index (χ3v) is 2.36. The van der Waals surface area contributed by atoms with Gasteiger partial charge in [0.25, 0.3) is 0 Å². The summed E-state index contributed by atoms with van der Waals surface area (Å²) in [6.07, 6.45) is 0. The molecule has 4 nitrogen and oxygen atoms in total. The lowest BCUT2D eigenvalue weighted by atomic mass is 10.2. The Bertz CT molecular complexity index is 426. The maximum absolute atomic E-state index is 12.2. The van der Waals surface area contributed by atoms with Gasteiger partial charge in [0.15, 0.2) is 5.75 Å². The Hall–Kier alpha value is -1.37. The molecule has 0 saturated heterocycles. The van der Waals surface area contributed by atoms with Crippen molar-refractivity contribution >= 4 is 27.6 Å². The van der Waals surface area contributed by atoms with Gasteiger partial charge in [-0.1, -0.05) is 0 Å². The Balaban J connectivity index is 3.19. The number of rotatable bonds is 4. The molecule has 0 aliphatic heterocycles. The van der Waals surface area contributed by atoms with E-state index >= 15 is 0 Å². The van der Waals surface area contributed by atoms with Crippen LogP contribution in [0.2, 0.25) is 0 Å². The number of halogens is 3. The van der Waals surface area contributed by atoms with Crippen LogP contribution in [0.15, 0.2) is 16.6 Å². The average molecular weight is 310 g/mol. The van der Waals surface area contributed by atoms with Crippen LogP contribution in [-0.4, -0.2) is 19.2 Å². The minimum atomic E-state index is -3.04. The van der Waals surface area contributed by atoms with Gasteiger partial charge in [-0.3, -0.25) is 0 Å². The van der Waals surface area contributed by atoms with Gasteiger partial charge in [0.2, 0.25) is 0 Å². The number of esters is 1. The highest BCUT2D eigenvalue weighted by molar-refractivity contribution is 9.10. The van der Waals surface area contributed by atoms with Crippen molar-refractivity contribution in [3.63, 3.8) is 0 Å². The second-order valence-corrected chi connectivity index (χ2v) is 3.83. The molecule has 1 rings (SSSR count). The summed E-state index contributed by atoms with van der Waals surface area (Å²) in [6.45, 7) is -1.31. The molecule has 0 radical (unpaired) electrons. The fourth-order valence-corrected chi connectivity index (χ4v) is 1.76. The Kier molecular flexibility index (Phi) is 4.68. The molecular formula is C10H10BrF2NO3. The molecule has 1 aromatic rings. The Morgan fingerprint density at radius 1 is 1.53 bits per heavy atom. The van der Waals surface area contributed by atoms with Crippen molar-refractivity contribution in [3.8, 4) is 5.75 Å². The van der Waals surface area contributed by atoms with Gasteiger partial charge in [-0.05, 0) is 35.0 Å². The molecule has 0 spiro atoms. The zero-order valence-corrected chi connectivity index (χ0v) is 10.5. The zero-order chi connectivity index (χ0) is 13.0. The van der Waals surface area contributed by atoms with Gasteiger partial charge in [-0.2, -0.15) is 8.78 Å². The van der Waals surface area contributed by atoms with Crippen molar-refractivity contribution in [1.29, 1.82) is 0 Å². The third kappa shape index (κ3) is 3.55. The first-order valence-corrected chi connectivity index (χ1v) is 5.46. The topological polar surface area (TPSA) is 61.5 Å². The molecule has 1 aromatic carbocycles. The number of alkyl halides is 2. The van der Waals surface area contributed by atoms with Crippen molar-refractivity contribution in [3.05, 3.63) is 22.2 Å². The third-order valence-electron chi connectivity index (χ3n) is 1.77. The summed E-state index contributed by atoms with van der Waals surface area (Å²) < 4.78 is 33.6. The van der Waals surface area contributed by atoms with Gasteiger partial charge < -0.3 is 15.2 Å². The van der Waals surface area contributed by atoms with Crippen molar-refractivity contribution in [2.75, 3.05) is 12.3 Å². The standard InChI is InChI=1S/C10H10BrF2NO3/c1-2-16-9(15)6-3-5(14)4-7(11)8(6)17-10(12)13/h3-4,10H,2,14H2,1H3. The summed E-state index contributed by atoms with van der Waals surface area (Å²) in [5.74, 6) is -1.05. The van der Waals surface area contributed by atoms with E-state index in [2.05, 4.69) is 20.7 Å². The van der Waals surface area contributed by atoms with E-state index in [0.717, 1.165) is 0 Å². The summed E-state index contributed by atoms with van der Waals surface area (Å²) >= 11 is 3.00. The van der Waals surface area contributed by atoms with Crippen LogP contribution >= 0.6 is 15.9 Å². The normalized spacial score (nSPS) is 10.4. The van der Waals surface area contributed by atoms with Crippen LogP contribution in [0.25, 0.3) is 0 Å². The first kappa shape index (κ1) is 13.7. The van der Waals surface area contributed by atoms with E-state index in [4.69, 9.17) is 10.5 Å². The van der Waals surface area contributed by atoms with Crippen LogP contribution < -0.4 is 10.5 Å². The number of nitrogens with two attached hydrogens (primary N) is 1. The first-order chi connectivity index (χ1) is 7.95. The van der Waals surface area contributed by atoms with Crippen molar-refractivity contribution in [1.82, 2.24) is 0 Å². The van der Waals surface area contributed by atoms with Gasteiger partial charge in [0.1, 0.15) is 5.56 Å². The number of carbonyl (C=O) groups excluding carboxylic acids is 1. The molecule has 0 unspecified atom stereocenters. The van der Waals surface area contributed by atoms with Gasteiger partial charge in [0, 0.05) is 5.69 Å². The monoisotopic (exact) mass is 309 g/mol. The number of hydrogen-bond acceptors (Lipinski definition) is 4. The highest BCUT2D eigenvalue weighted by atomic mass is 79.9. The van der Waals surface area contributed by atoms with Crippen LogP contribution in [0.5, 0.6) is 5.75 Å². The van der Waals surface area contributed by atoms with Crippen LogP contribution in [0, 0.1) is 0 Å². The summed E-state index contributed by atoms with van der Waals surface area (Å²) in [6, 6.07) is 2.58. The first-order valence-electron chi connectivity index (χ1n) is 4.66. The molecule has 17 heavy (non-hydrogen) atoms. The maximum Gasteiger partial charge on any atom is 0.387 e. The largest absolute Gasteiger partial charge is 0.462 e. The molecule has 0 aromatic heterocycles. The molecule has 0 atom stereocenters. The second kappa shape index (κ2) is 5.81. The van der Waals surface area contributed by atoms with Crippen LogP contribution in [0.3, 0.4) is 0 Å². The summed E-state index contributed by atoms with van der Waals surface area (Å²) in [4.78, 5) is 11.5. The van der Waals surface area contributed by atoms with Crippen molar-refractivity contribution in [2.24, 2.45) is 0 Å².